The third-order valence-electron chi connectivity index (χ3n) is 2.49. The van der Waals surface area contributed by atoms with Gasteiger partial charge in [-0.2, -0.15) is 0 Å². The van der Waals surface area contributed by atoms with Crippen molar-refractivity contribution in [1.29, 1.82) is 0 Å². The van der Waals surface area contributed by atoms with E-state index in [4.69, 9.17) is 4.42 Å². The molecule has 0 N–H and O–H groups in total. The Bertz CT molecular complexity index is 279. The molecule has 0 bridgehead atoms. The van der Waals surface area contributed by atoms with Gasteiger partial charge in [0.1, 0.15) is 5.78 Å². The van der Waals surface area contributed by atoms with Crippen molar-refractivity contribution in [3.05, 3.63) is 24.2 Å². The number of ketones is 1. The lowest BCUT2D eigenvalue weighted by atomic mass is 10.1. The first kappa shape index (κ1) is 11.0. The molecule has 1 rings (SSSR count). The fraction of sp³-hybridized carbons (Fsp3) is 0.545. The van der Waals surface area contributed by atoms with Crippen LogP contribution >= 0.6 is 0 Å². The molecule has 1 unspecified atom stereocenters. The van der Waals surface area contributed by atoms with Crippen molar-refractivity contribution >= 4 is 5.78 Å². The Kier molecular flexibility index (Phi) is 3.89. The molecule has 1 heterocycles. The molecule has 0 aliphatic carbocycles. The molecule has 0 saturated carbocycles. The topological polar surface area (TPSA) is 33.5 Å². The van der Waals surface area contributed by atoms with Crippen LogP contribution in [0.5, 0.6) is 0 Å². The van der Waals surface area contributed by atoms with Crippen LogP contribution < -0.4 is 0 Å². The Labute approximate surface area is 84.7 Å². The van der Waals surface area contributed by atoms with E-state index in [1.807, 2.05) is 31.9 Å². The van der Waals surface area contributed by atoms with E-state index >= 15 is 0 Å². The second-order valence-electron chi connectivity index (χ2n) is 3.54. The first-order chi connectivity index (χ1) is 6.65. The smallest absolute Gasteiger partial charge is 0.149 e. The van der Waals surface area contributed by atoms with E-state index in [-0.39, 0.29) is 11.8 Å². The number of furan rings is 1. The van der Waals surface area contributed by atoms with E-state index in [1.165, 1.54) is 0 Å². The maximum absolute atomic E-state index is 11.4. The second-order valence-corrected chi connectivity index (χ2v) is 3.54. The Hall–Kier alpha value is -1.09. The summed E-state index contributed by atoms with van der Waals surface area (Å²) in [6, 6.07) is 1.90. The van der Waals surface area contributed by atoms with E-state index < -0.39 is 0 Å². The average Bonchev–Trinajstić information content (AvgIpc) is 2.68. The van der Waals surface area contributed by atoms with Crippen LogP contribution in [0.4, 0.5) is 0 Å². The standard InChI is InChI=1S/C11H17NO2/c1-4-11(13)9(2)12(3)7-10-5-6-14-8-10/h5-6,8-9H,4,7H2,1-3H3. The zero-order chi connectivity index (χ0) is 10.6. The summed E-state index contributed by atoms with van der Waals surface area (Å²) in [6.07, 6.45) is 3.95. The number of hydrogen-bond donors (Lipinski definition) is 0. The van der Waals surface area contributed by atoms with Crippen LogP contribution in [0.2, 0.25) is 0 Å². The van der Waals surface area contributed by atoms with E-state index in [9.17, 15) is 4.79 Å². The normalized spacial score (nSPS) is 13.1. The quantitative estimate of drug-likeness (QED) is 0.721. The van der Waals surface area contributed by atoms with Gasteiger partial charge in [-0.05, 0) is 20.0 Å². The minimum atomic E-state index is -0.0186. The van der Waals surface area contributed by atoms with Gasteiger partial charge in [0, 0.05) is 18.5 Å². The monoisotopic (exact) mass is 195 g/mol. The fourth-order valence-corrected chi connectivity index (χ4v) is 1.35. The fourth-order valence-electron chi connectivity index (χ4n) is 1.35. The largest absolute Gasteiger partial charge is 0.472 e. The van der Waals surface area contributed by atoms with Gasteiger partial charge in [-0.15, -0.1) is 0 Å². The first-order valence-corrected chi connectivity index (χ1v) is 4.89. The zero-order valence-corrected chi connectivity index (χ0v) is 8.99. The van der Waals surface area contributed by atoms with Crippen LogP contribution in [-0.4, -0.2) is 23.8 Å². The molecular weight excluding hydrogens is 178 g/mol. The van der Waals surface area contributed by atoms with Crippen LogP contribution in [0, 0.1) is 0 Å². The van der Waals surface area contributed by atoms with Crippen LogP contribution in [-0.2, 0) is 11.3 Å². The summed E-state index contributed by atoms with van der Waals surface area (Å²) in [5.74, 6) is 0.274. The summed E-state index contributed by atoms with van der Waals surface area (Å²) in [4.78, 5) is 13.4. The van der Waals surface area contributed by atoms with Crippen molar-refractivity contribution in [3.8, 4) is 0 Å². The lowest BCUT2D eigenvalue weighted by Crippen LogP contribution is -2.34. The molecule has 1 atom stereocenters. The van der Waals surface area contributed by atoms with Crippen molar-refractivity contribution < 1.29 is 9.21 Å². The van der Waals surface area contributed by atoms with E-state index in [1.54, 1.807) is 12.5 Å². The van der Waals surface area contributed by atoms with Crippen LogP contribution in [0.25, 0.3) is 0 Å². The number of carbonyl (C=O) groups excluding carboxylic acids is 1. The Morgan fingerprint density at radius 1 is 1.64 bits per heavy atom. The minimum absolute atomic E-state index is 0.0186. The maximum Gasteiger partial charge on any atom is 0.149 e. The molecule has 0 saturated heterocycles. The molecule has 1 aromatic heterocycles. The summed E-state index contributed by atoms with van der Waals surface area (Å²) < 4.78 is 4.97. The molecular formula is C11H17NO2. The molecule has 14 heavy (non-hydrogen) atoms. The minimum Gasteiger partial charge on any atom is -0.472 e. The third-order valence-corrected chi connectivity index (χ3v) is 2.49. The lowest BCUT2D eigenvalue weighted by Gasteiger charge is -2.22. The number of likely N-dealkylation sites (N-methyl/N-ethyl adjacent to an activating group) is 1. The van der Waals surface area contributed by atoms with Gasteiger partial charge in [0.15, 0.2) is 0 Å². The lowest BCUT2D eigenvalue weighted by molar-refractivity contribution is -0.123. The van der Waals surface area contributed by atoms with Gasteiger partial charge >= 0.3 is 0 Å². The Morgan fingerprint density at radius 2 is 2.36 bits per heavy atom. The van der Waals surface area contributed by atoms with Gasteiger partial charge in [0.05, 0.1) is 18.6 Å². The van der Waals surface area contributed by atoms with E-state index in [0.717, 1.165) is 12.1 Å². The Morgan fingerprint density at radius 3 is 2.86 bits per heavy atom. The SMILES string of the molecule is CCC(=O)C(C)N(C)Cc1ccoc1. The van der Waals surface area contributed by atoms with Crippen LogP contribution in [0.15, 0.2) is 23.0 Å². The Balaban J connectivity index is 2.49. The highest BCUT2D eigenvalue weighted by Crippen LogP contribution is 2.08. The number of Topliss-reactive ketones (excluding diaryl/α,β-unsaturated/α-hetero) is 1. The number of hydrogen-bond acceptors (Lipinski definition) is 3. The van der Waals surface area contributed by atoms with Crippen molar-refractivity contribution in [2.75, 3.05) is 7.05 Å². The molecule has 78 valence electrons. The molecule has 0 radical (unpaired) electrons. The highest BCUT2D eigenvalue weighted by molar-refractivity contribution is 5.83. The third kappa shape index (κ3) is 2.70. The summed E-state index contributed by atoms with van der Waals surface area (Å²) in [7, 11) is 1.95. The van der Waals surface area contributed by atoms with Gasteiger partial charge in [-0.3, -0.25) is 9.69 Å². The molecule has 3 nitrogen and oxygen atoms in total. The van der Waals surface area contributed by atoms with Crippen LogP contribution in [0.3, 0.4) is 0 Å². The number of rotatable bonds is 5. The number of carbonyl (C=O) groups is 1. The second kappa shape index (κ2) is 4.96. The van der Waals surface area contributed by atoms with Crippen molar-refractivity contribution in [2.45, 2.75) is 32.9 Å². The summed E-state index contributed by atoms with van der Waals surface area (Å²) in [5.41, 5.74) is 1.10. The highest BCUT2D eigenvalue weighted by atomic mass is 16.3. The van der Waals surface area contributed by atoms with Crippen LogP contribution in [0.1, 0.15) is 25.8 Å². The molecule has 1 aromatic rings. The predicted octanol–water partition coefficient (Wildman–Crippen LogP) is 2.08. The van der Waals surface area contributed by atoms with E-state index in [2.05, 4.69) is 0 Å². The highest BCUT2D eigenvalue weighted by Gasteiger charge is 2.16. The molecule has 3 heteroatoms. The number of nitrogens with zero attached hydrogens (tertiary/aromatic N) is 1. The summed E-state index contributed by atoms with van der Waals surface area (Å²) in [5, 5.41) is 0. The van der Waals surface area contributed by atoms with Crippen molar-refractivity contribution in [2.24, 2.45) is 0 Å². The van der Waals surface area contributed by atoms with Gasteiger partial charge in [0.2, 0.25) is 0 Å². The molecule has 0 fully saturated rings. The van der Waals surface area contributed by atoms with Crippen molar-refractivity contribution in [1.82, 2.24) is 4.90 Å². The molecule has 0 spiro atoms. The van der Waals surface area contributed by atoms with Crippen molar-refractivity contribution in [3.63, 3.8) is 0 Å². The predicted molar refractivity (Wildman–Crippen MR) is 54.9 cm³/mol. The molecule has 0 aliphatic heterocycles. The average molecular weight is 195 g/mol. The van der Waals surface area contributed by atoms with Gasteiger partial charge in [-0.25, -0.2) is 0 Å². The molecule has 0 amide bonds. The summed E-state index contributed by atoms with van der Waals surface area (Å²) >= 11 is 0. The van der Waals surface area contributed by atoms with Gasteiger partial charge in [-0.1, -0.05) is 6.92 Å². The van der Waals surface area contributed by atoms with Gasteiger partial charge in [0.25, 0.3) is 0 Å². The zero-order valence-electron chi connectivity index (χ0n) is 8.99. The molecule has 0 aliphatic rings. The van der Waals surface area contributed by atoms with Gasteiger partial charge < -0.3 is 4.42 Å². The summed E-state index contributed by atoms with van der Waals surface area (Å²) in [6.45, 7) is 4.58. The first-order valence-electron chi connectivity index (χ1n) is 4.89. The maximum atomic E-state index is 11.4. The van der Waals surface area contributed by atoms with E-state index in [0.29, 0.717) is 6.42 Å². The molecule has 0 aromatic carbocycles.